The molecule has 0 bridgehead atoms. The molecule has 11 aromatic heterocycles. The van der Waals surface area contributed by atoms with Gasteiger partial charge in [0.2, 0.25) is 28.5 Å². The van der Waals surface area contributed by atoms with Crippen LogP contribution in [0.15, 0.2) is 296 Å². The van der Waals surface area contributed by atoms with E-state index in [0.717, 1.165) is 17.0 Å². The SMILES string of the molecule is Cc1c(-c2cc3c(c[n+]2C)sc2c4ccccc4ccc32)sc2ccccc12.Cc1c(-c2cc3c(c[n+]2C)sc2cc4ccccc4cc23)oc2ccccc12.Cc1c(-c2cc3c(c[n+]2C)sc2cc4ccccc4cc23)sc2ccccc12.Cc1ccccc1-c1ccc2c3ccc4ccccc4c3sc2[n+]1C. The van der Waals surface area contributed by atoms with Crippen LogP contribution in [-0.2, 0) is 28.2 Å². The Hall–Kier alpha value is -11.4. The number of nitrogens with zero attached hydrogens (tertiary/aromatic N) is 4. The van der Waals surface area contributed by atoms with E-state index in [2.05, 4.69) is 354 Å². The summed E-state index contributed by atoms with van der Waals surface area (Å²) in [6, 6.07) is 98.8. The number of rotatable bonds is 4. The van der Waals surface area contributed by atoms with Crippen LogP contribution in [0.2, 0.25) is 0 Å². The van der Waals surface area contributed by atoms with E-state index in [1.165, 1.54) is 204 Å². The smallest absolute Gasteiger partial charge is 0.270 e. The largest absolute Gasteiger partial charge is 0.449 e. The van der Waals surface area contributed by atoms with Gasteiger partial charge >= 0.3 is 0 Å². The summed E-state index contributed by atoms with van der Waals surface area (Å²) in [7, 11) is 8.62. The van der Waals surface area contributed by atoms with Crippen molar-refractivity contribution in [3.63, 3.8) is 0 Å². The molecule has 0 N–H and O–H groups in total. The summed E-state index contributed by atoms with van der Waals surface area (Å²) in [5, 5.41) is 25.1. The summed E-state index contributed by atoms with van der Waals surface area (Å²) in [5.74, 6) is 0.950. The molecule has 0 spiro atoms. The highest BCUT2D eigenvalue weighted by molar-refractivity contribution is 7.27. The van der Waals surface area contributed by atoms with Crippen molar-refractivity contribution in [1.82, 2.24) is 0 Å². The quantitative estimate of drug-likeness (QED) is 0.161. The highest BCUT2D eigenvalue weighted by atomic mass is 32.1. The van der Waals surface area contributed by atoms with Crippen LogP contribution in [0.25, 0.3) is 199 Å². The van der Waals surface area contributed by atoms with Crippen LogP contribution in [0.4, 0.5) is 0 Å². The monoisotopic (exact) mass is 1510 g/mol. The maximum Gasteiger partial charge on any atom is 0.270 e. The van der Waals surface area contributed by atoms with Crippen molar-refractivity contribution in [2.24, 2.45) is 28.2 Å². The molecule has 0 aliphatic heterocycles. The van der Waals surface area contributed by atoms with Gasteiger partial charge in [-0.15, -0.1) is 56.7 Å². The lowest BCUT2D eigenvalue weighted by Crippen LogP contribution is -2.31. The van der Waals surface area contributed by atoms with Crippen molar-refractivity contribution in [3.05, 3.63) is 314 Å². The summed E-state index contributed by atoms with van der Waals surface area (Å²) >= 11 is 11.3. The number of fused-ring (bicyclic) bond motifs is 21. The number of thiophene rings is 6. The Kier molecular flexibility index (Phi) is 16.5. The molecule has 11 heterocycles. The van der Waals surface area contributed by atoms with Crippen LogP contribution < -0.4 is 18.3 Å². The first-order chi connectivity index (χ1) is 53.3. The minimum atomic E-state index is 0.941. The van der Waals surface area contributed by atoms with E-state index in [1.54, 1.807) is 0 Å². The molecule has 0 aliphatic rings. The Morgan fingerprint density at radius 1 is 0.257 bits per heavy atom. The standard InChI is InChI=1S/C25H18NOS.2C25H18NS2.C23H18NS/c1-15-18-9-5-6-10-22(18)27-25(15)21-13-20-19-11-16-7-3-4-8-17(16)12-23(19)28-24(20)14-26(21)2;1-15-17-8-5-6-10-22(17)27-24(15)21-13-20-19-12-11-16-7-3-4-9-18(16)25(19)28-23(20)14-26(21)2;1-15-18-9-5-6-10-22(18)28-25(15)21-13-20-19-11-16-7-3-4-8-17(16)12-23(19)27-24(20)14-26(21)2;1-15-7-3-5-9-17(15)21-14-13-20-19-12-11-16-8-4-6-10-18(16)22(19)25-23(20)24(21)2/h3*3-14H,1-2H3;3-14H,1-2H3/q4*+1. The van der Waals surface area contributed by atoms with E-state index >= 15 is 0 Å². The van der Waals surface area contributed by atoms with Crippen LogP contribution >= 0.6 is 68.0 Å². The van der Waals surface area contributed by atoms with Crippen molar-refractivity contribution in [3.8, 4) is 43.9 Å². The molecule has 11 heteroatoms. The van der Waals surface area contributed by atoms with Crippen LogP contribution in [0.5, 0.6) is 0 Å². The number of pyridine rings is 4. The second kappa shape index (κ2) is 26.8. The zero-order valence-corrected chi connectivity index (χ0v) is 66.3. The van der Waals surface area contributed by atoms with E-state index in [9.17, 15) is 0 Å². The van der Waals surface area contributed by atoms with Gasteiger partial charge in [0.1, 0.15) is 43.5 Å². The average molecular weight is 1510 g/mol. The highest BCUT2D eigenvalue weighted by Crippen LogP contribution is 2.46. The lowest BCUT2D eigenvalue weighted by molar-refractivity contribution is -0.659. The van der Waals surface area contributed by atoms with Gasteiger partial charge in [-0.05, 0) is 153 Å². The fourth-order valence-electron chi connectivity index (χ4n) is 16.4. The number of para-hydroxylation sites is 1. The van der Waals surface area contributed by atoms with Gasteiger partial charge in [-0.2, -0.15) is 18.3 Å². The van der Waals surface area contributed by atoms with Gasteiger partial charge in [-0.3, -0.25) is 0 Å². The topological polar surface area (TPSA) is 28.7 Å². The third-order valence-corrected chi connectivity index (χ3v) is 29.4. The molecule has 522 valence electrons. The summed E-state index contributed by atoms with van der Waals surface area (Å²) in [4.78, 5) is 4.06. The summed E-state index contributed by atoms with van der Waals surface area (Å²) in [6.45, 7) is 8.82. The maximum atomic E-state index is 6.26. The molecule has 0 saturated carbocycles. The van der Waals surface area contributed by atoms with Crippen molar-refractivity contribution >= 4 is 223 Å². The van der Waals surface area contributed by atoms with Gasteiger partial charge in [0.05, 0.1) is 19.5 Å². The van der Waals surface area contributed by atoms with Gasteiger partial charge in [0.25, 0.3) is 4.83 Å². The fraction of sp³-hybridized carbons (Fsp3) is 0.0816. The zero-order valence-electron chi connectivity index (χ0n) is 61.4. The molecule has 0 radical (unpaired) electrons. The molecular weight excluding hydrogens is 1440 g/mol. The fourth-order valence-corrected chi connectivity index (χ4v) is 23.9. The Bertz CT molecular complexity index is 7310. The first-order valence-electron chi connectivity index (χ1n) is 36.8. The van der Waals surface area contributed by atoms with Crippen molar-refractivity contribution in [2.45, 2.75) is 27.7 Å². The molecule has 0 saturated heterocycles. The molecule has 0 aliphatic carbocycles. The second-order valence-electron chi connectivity index (χ2n) is 28.7. The van der Waals surface area contributed by atoms with Crippen LogP contribution in [0, 0.1) is 27.7 Å². The molecule has 0 amide bonds. The summed E-state index contributed by atoms with van der Waals surface area (Å²) < 4.78 is 27.5. The predicted molar refractivity (Wildman–Crippen MR) is 473 cm³/mol. The van der Waals surface area contributed by atoms with Gasteiger partial charge in [0, 0.05) is 107 Å². The minimum absolute atomic E-state index is 0.941. The van der Waals surface area contributed by atoms with E-state index in [0.29, 0.717) is 0 Å². The van der Waals surface area contributed by atoms with E-state index < -0.39 is 0 Å². The van der Waals surface area contributed by atoms with E-state index in [1.807, 2.05) is 80.2 Å². The molecule has 0 atom stereocenters. The maximum absolute atomic E-state index is 6.26. The number of aromatic nitrogens is 4. The van der Waals surface area contributed by atoms with Gasteiger partial charge in [-0.25, -0.2) is 0 Å². The highest BCUT2D eigenvalue weighted by Gasteiger charge is 2.27. The lowest BCUT2D eigenvalue weighted by atomic mass is 10.0. The van der Waals surface area contributed by atoms with E-state index in [-0.39, 0.29) is 0 Å². The van der Waals surface area contributed by atoms with Crippen LogP contribution in [-0.4, -0.2) is 0 Å². The van der Waals surface area contributed by atoms with Crippen LogP contribution in [0.1, 0.15) is 22.3 Å². The number of hydrogen-bond donors (Lipinski definition) is 0. The predicted octanol–water partition coefficient (Wildman–Crippen LogP) is 27.2. The molecule has 5 nitrogen and oxygen atoms in total. The lowest BCUT2D eigenvalue weighted by Gasteiger charge is -2.04. The second-order valence-corrected chi connectivity index (χ2v) is 35.1. The molecule has 109 heavy (non-hydrogen) atoms. The summed E-state index contributed by atoms with van der Waals surface area (Å²) in [6.07, 6.45) is 6.82. The van der Waals surface area contributed by atoms with Gasteiger partial charge < -0.3 is 4.42 Å². The third kappa shape index (κ3) is 11.4. The Labute approximate surface area is 653 Å². The average Bonchev–Trinajstić information content (AvgIpc) is 1.61. The third-order valence-electron chi connectivity index (χ3n) is 22.1. The Morgan fingerprint density at radius 3 is 1.19 bits per heavy atom. The molecule has 12 aromatic carbocycles. The van der Waals surface area contributed by atoms with Crippen molar-refractivity contribution in [1.29, 1.82) is 0 Å². The molecule has 0 unspecified atom stereocenters. The number of furan rings is 1. The Morgan fingerprint density at radius 2 is 0.661 bits per heavy atom. The first-order valence-corrected chi connectivity index (χ1v) is 41.7. The number of hydrogen-bond acceptors (Lipinski definition) is 7. The van der Waals surface area contributed by atoms with Gasteiger partial charge in [0.15, 0.2) is 18.6 Å². The molecule has 23 aromatic rings. The minimum Gasteiger partial charge on any atom is -0.449 e. The number of aryl methyl sites for hydroxylation is 8. The summed E-state index contributed by atoms with van der Waals surface area (Å²) in [5.41, 5.74) is 12.4. The van der Waals surface area contributed by atoms with Crippen molar-refractivity contribution < 1.29 is 22.7 Å². The first kappa shape index (κ1) is 67.0. The zero-order chi connectivity index (χ0) is 73.4. The van der Waals surface area contributed by atoms with Crippen LogP contribution in [0.3, 0.4) is 0 Å². The normalized spacial score (nSPS) is 11.9. The molecular formula is C98H72N4OS6+4. The van der Waals surface area contributed by atoms with Crippen molar-refractivity contribution in [2.75, 3.05) is 0 Å². The van der Waals surface area contributed by atoms with Gasteiger partial charge in [-0.1, -0.05) is 205 Å². The number of benzene rings is 12. The van der Waals surface area contributed by atoms with E-state index in [4.69, 9.17) is 4.42 Å². The Balaban J connectivity index is 0.0000000955. The molecule has 23 rings (SSSR count). The molecule has 0 fully saturated rings.